The second-order valence-electron chi connectivity index (χ2n) is 5.34. The lowest BCUT2D eigenvalue weighted by Crippen LogP contribution is -2.30. The Morgan fingerprint density at radius 3 is 2.33 bits per heavy atom. The van der Waals surface area contributed by atoms with Crippen LogP contribution in [0.15, 0.2) is 24.3 Å². The number of nitrogens with one attached hydrogen (secondary N) is 1. The van der Waals surface area contributed by atoms with Crippen LogP contribution in [0.5, 0.6) is 5.75 Å². The SMILES string of the molecule is CC(CCc1ccc(OC(F)F)cc1)NCCOC(C)C. The number of hydrogen-bond acceptors (Lipinski definition) is 3. The Morgan fingerprint density at radius 1 is 1.10 bits per heavy atom. The van der Waals surface area contributed by atoms with E-state index in [-0.39, 0.29) is 11.9 Å². The monoisotopic (exact) mass is 301 g/mol. The number of alkyl halides is 2. The lowest BCUT2D eigenvalue weighted by atomic mass is 10.1. The van der Waals surface area contributed by atoms with Gasteiger partial charge in [-0.25, -0.2) is 0 Å². The fourth-order valence-corrected chi connectivity index (χ4v) is 1.92. The minimum absolute atomic E-state index is 0.200. The summed E-state index contributed by atoms with van der Waals surface area (Å²) in [7, 11) is 0. The lowest BCUT2D eigenvalue weighted by Gasteiger charge is -2.15. The predicted octanol–water partition coefficient (Wildman–Crippen LogP) is 3.62. The maximum Gasteiger partial charge on any atom is 0.387 e. The molecule has 0 amide bonds. The first-order valence-electron chi connectivity index (χ1n) is 7.36. The van der Waals surface area contributed by atoms with Gasteiger partial charge in [0.25, 0.3) is 0 Å². The molecule has 1 N–H and O–H groups in total. The lowest BCUT2D eigenvalue weighted by molar-refractivity contribution is -0.0498. The third kappa shape index (κ3) is 8.63. The van der Waals surface area contributed by atoms with Gasteiger partial charge >= 0.3 is 6.61 Å². The average molecular weight is 301 g/mol. The Bertz CT molecular complexity index is 382. The summed E-state index contributed by atoms with van der Waals surface area (Å²) >= 11 is 0. The van der Waals surface area contributed by atoms with Gasteiger partial charge in [0.2, 0.25) is 0 Å². The minimum Gasteiger partial charge on any atom is -0.435 e. The minimum atomic E-state index is -2.77. The van der Waals surface area contributed by atoms with Crippen molar-refractivity contribution in [1.82, 2.24) is 5.32 Å². The van der Waals surface area contributed by atoms with Crippen LogP contribution in [0.25, 0.3) is 0 Å². The molecule has 0 aliphatic heterocycles. The molecule has 0 aliphatic carbocycles. The van der Waals surface area contributed by atoms with Crippen molar-refractivity contribution in [3.05, 3.63) is 29.8 Å². The molecule has 1 atom stereocenters. The van der Waals surface area contributed by atoms with Crippen molar-refractivity contribution in [2.45, 2.75) is 52.4 Å². The summed E-state index contributed by atoms with van der Waals surface area (Å²) in [5.41, 5.74) is 1.11. The van der Waals surface area contributed by atoms with Gasteiger partial charge < -0.3 is 14.8 Å². The topological polar surface area (TPSA) is 30.5 Å². The highest BCUT2D eigenvalue weighted by Crippen LogP contribution is 2.16. The summed E-state index contributed by atoms with van der Waals surface area (Å²) in [5, 5.41) is 3.40. The fraction of sp³-hybridized carbons (Fsp3) is 0.625. The fourth-order valence-electron chi connectivity index (χ4n) is 1.92. The molecule has 0 spiro atoms. The first-order chi connectivity index (χ1) is 9.97. The summed E-state index contributed by atoms with van der Waals surface area (Å²) in [5.74, 6) is 0.200. The quantitative estimate of drug-likeness (QED) is 0.670. The van der Waals surface area contributed by atoms with Gasteiger partial charge in [-0.15, -0.1) is 0 Å². The van der Waals surface area contributed by atoms with Crippen molar-refractivity contribution in [2.75, 3.05) is 13.2 Å². The molecular weight excluding hydrogens is 276 g/mol. The van der Waals surface area contributed by atoms with E-state index in [4.69, 9.17) is 4.74 Å². The second-order valence-corrected chi connectivity index (χ2v) is 5.34. The molecule has 21 heavy (non-hydrogen) atoms. The molecule has 3 nitrogen and oxygen atoms in total. The highest BCUT2D eigenvalue weighted by molar-refractivity contribution is 5.27. The average Bonchev–Trinajstić information content (AvgIpc) is 2.42. The van der Waals surface area contributed by atoms with E-state index in [2.05, 4.69) is 17.0 Å². The maximum atomic E-state index is 12.0. The highest BCUT2D eigenvalue weighted by Gasteiger charge is 2.05. The number of rotatable bonds is 10. The Balaban J connectivity index is 2.21. The standard InChI is InChI=1S/C16H25F2NO2/c1-12(2)20-11-10-19-13(3)4-5-14-6-8-15(9-7-14)21-16(17)18/h6-9,12-13,16,19H,4-5,10-11H2,1-3H3. The van der Waals surface area contributed by atoms with E-state index in [0.29, 0.717) is 12.6 Å². The van der Waals surface area contributed by atoms with E-state index in [1.807, 2.05) is 26.0 Å². The third-order valence-electron chi connectivity index (χ3n) is 3.06. The van der Waals surface area contributed by atoms with E-state index in [1.54, 1.807) is 12.1 Å². The molecule has 1 unspecified atom stereocenters. The molecule has 0 radical (unpaired) electrons. The van der Waals surface area contributed by atoms with Crippen molar-refractivity contribution >= 4 is 0 Å². The van der Waals surface area contributed by atoms with Crippen LogP contribution >= 0.6 is 0 Å². The van der Waals surface area contributed by atoms with Gasteiger partial charge in [0.05, 0.1) is 12.7 Å². The zero-order valence-corrected chi connectivity index (χ0v) is 12.9. The van der Waals surface area contributed by atoms with Gasteiger partial charge in [0.15, 0.2) is 0 Å². The number of halogens is 2. The van der Waals surface area contributed by atoms with Gasteiger partial charge in [-0.1, -0.05) is 12.1 Å². The van der Waals surface area contributed by atoms with Crippen LogP contribution in [-0.2, 0) is 11.2 Å². The molecule has 0 aromatic heterocycles. The maximum absolute atomic E-state index is 12.0. The molecule has 5 heteroatoms. The highest BCUT2D eigenvalue weighted by atomic mass is 19.3. The second kappa shape index (κ2) is 9.68. The van der Waals surface area contributed by atoms with Crippen LogP contribution in [0, 0.1) is 0 Å². The molecule has 0 aliphatic rings. The Morgan fingerprint density at radius 2 is 1.76 bits per heavy atom. The molecule has 0 bridgehead atoms. The normalized spacial score (nSPS) is 12.9. The number of ether oxygens (including phenoxy) is 2. The van der Waals surface area contributed by atoms with E-state index in [1.165, 1.54) is 0 Å². The van der Waals surface area contributed by atoms with Crippen LogP contribution in [0.4, 0.5) is 8.78 Å². The van der Waals surface area contributed by atoms with Crippen molar-refractivity contribution in [3.63, 3.8) is 0 Å². The first kappa shape index (κ1) is 17.9. The Kier molecular flexibility index (Phi) is 8.23. The van der Waals surface area contributed by atoms with E-state index in [9.17, 15) is 8.78 Å². The van der Waals surface area contributed by atoms with E-state index >= 15 is 0 Å². The van der Waals surface area contributed by atoms with E-state index in [0.717, 1.165) is 24.9 Å². The molecule has 0 heterocycles. The van der Waals surface area contributed by atoms with Crippen LogP contribution in [0.2, 0.25) is 0 Å². The van der Waals surface area contributed by atoms with Gasteiger partial charge in [-0.05, 0) is 51.3 Å². The van der Waals surface area contributed by atoms with Crippen molar-refractivity contribution in [3.8, 4) is 5.75 Å². The number of aryl methyl sites for hydroxylation is 1. The molecule has 0 fully saturated rings. The van der Waals surface area contributed by atoms with Crippen LogP contribution in [0.1, 0.15) is 32.8 Å². The van der Waals surface area contributed by atoms with Gasteiger partial charge in [-0.3, -0.25) is 0 Å². The summed E-state index contributed by atoms with van der Waals surface area (Å²) in [4.78, 5) is 0. The molecule has 0 saturated carbocycles. The molecule has 1 rings (SSSR count). The predicted molar refractivity (Wildman–Crippen MR) is 79.9 cm³/mol. The molecular formula is C16H25F2NO2. The van der Waals surface area contributed by atoms with Crippen LogP contribution in [-0.4, -0.2) is 31.9 Å². The van der Waals surface area contributed by atoms with Crippen LogP contribution in [0.3, 0.4) is 0 Å². The molecule has 1 aromatic rings. The van der Waals surface area contributed by atoms with Crippen molar-refractivity contribution < 1.29 is 18.3 Å². The third-order valence-corrected chi connectivity index (χ3v) is 3.06. The van der Waals surface area contributed by atoms with Crippen LogP contribution < -0.4 is 10.1 Å². The first-order valence-corrected chi connectivity index (χ1v) is 7.36. The van der Waals surface area contributed by atoms with Crippen molar-refractivity contribution in [1.29, 1.82) is 0 Å². The smallest absolute Gasteiger partial charge is 0.387 e. The largest absolute Gasteiger partial charge is 0.435 e. The number of hydrogen-bond donors (Lipinski definition) is 1. The zero-order valence-electron chi connectivity index (χ0n) is 12.9. The van der Waals surface area contributed by atoms with Gasteiger partial charge in [0, 0.05) is 12.6 Å². The summed E-state index contributed by atoms with van der Waals surface area (Å²) in [6, 6.07) is 7.20. The molecule has 0 saturated heterocycles. The van der Waals surface area contributed by atoms with Gasteiger partial charge in [0.1, 0.15) is 5.75 Å². The summed E-state index contributed by atoms with van der Waals surface area (Å²) in [6.07, 6.45) is 2.14. The molecule has 1 aromatic carbocycles. The van der Waals surface area contributed by atoms with E-state index < -0.39 is 6.61 Å². The molecule has 120 valence electrons. The van der Waals surface area contributed by atoms with Crippen molar-refractivity contribution in [2.24, 2.45) is 0 Å². The summed E-state index contributed by atoms with van der Waals surface area (Å²) in [6.45, 7) is 4.94. The van der Waals surface area contributed by atoms with Gasteiger partial charge in [-0.2, -0.15) is 8.78 Å². The summed E-state index contributed by atoms with van der Waals surface area (Å²) < 4.78 is 33.8. The Hall–Kier alpha value is -1.20. The zero-order chi connectivity index (χ0) is 15.7. The number of benzene rings is 1. The Labute approximate surface area is 125 Å².